The number of nitrogens with one attached hydrogen (secondary N) is 2. The molecule has 0 fully saturated rings. The Morgan fingerprint density at radius 1 is 0.921 bits per heavy atom. The largest absolute Gasteiger partial charge is 0.462 e. The Bertz CT molecular complexity index is 1400. The average Bonchev–Trinajstić information content (AvgIpc) is 3.33. The first kappa shape index (κ1) is 27.2. The van der Waals surface area contributed by atoms with Gasteiger partial charge < -0.3 is 15.4 Å². The van der Waals surface area contributed by atoms with E-state index in [4.69, 9.17) is 4.74 Å². The van der Waals surface area contributed by atoms with Gasteiger partial charge in [0.15, 0.2) is 0 Å². The maximum absolute atomic E-state index is 13.1. The SMILES string of the molecule is CCOC(=O)c1c(-c2ccccc2)csc1NC(=O)C(C)Sc1cccc(NC(=O)Cc2ccccc2)c1. The summed E-state index contributed by atoms with van der Waals surface area (Å²) in [5.74, 6) is -0.815. The van der Waals surface area contributed by atoms with Gasteiger partial charge in [0, 0.05) is 21.5 Å². The molecule has 1 atom stereocenters. The quantitative estimate of drug-likeness (QED) is 0.168. The van der Waals surface area contributed by atoms with E-state index in [1.807, 2.05) is 90.3 Å². The second kappa shape index (κ2) is 13.1. The maximum atomic E-state index is 13.1. The van der Waals surface area contributed by atoms with E-state index in [1.165, 1.54) is 23.1 Å². The number of anilines is 2. The number of carbonyl (C=O) groups is 3. The molecule has 1 heterocycles. The fourth-order valence-electron chi connectivity index (χ4n) is 3.79. The fraction of sp³-hybridized carbons (Fsp3) is 0.167. The summed E-state index contributed by atoms with van der Waals surface area (Å²) in [4.78, 5) is 39.2. The molecule has 38 heavy (non-hydrogen) atoms. The van der Waals surface area contributed by atoms with Crippen molar-refractivity contribution in [3.05, 3.63) is 101 Å². The Morgan fingerprint density at radius 2 is 1.63 bits per heavy atom. The normalized spacial score (nSPS) is 11.4. The van der Waals surface area contributed by atoms with Gasteiger partial charge in [-0.05, 0) is 43.2 Å². The van der Waals surface area contributed by atoms with Crippen LogP contribution in [0.3, 0.4) is 0 Å². The number of thioether (sulfide) groups is 1. The number of thiophene rings is 1. The zero-order valence-electron chi connectivity index (χ0n) is 21.1. The number of hydrogen-bond acceptors (Lipinski definition) is 6. The smallest absolute Gasteiger partial charge is 0.341 e. The number of benzene rings is 3. The molecule has 0 radical (unpaired) electrons. The molecule has 0 saturated heterocycles. The minimum absolute atomic E-state index is 0.109. The Morgan fingerprint density at radius 3 is 2.34 bits per heavy atom. The number of amides is 2. The highest BCUT2D eigenvalue weighted by molar-refractivity contribution is 8.00. The Kier molecular flexibility index (Phi) is 9.35. The van der Waals surface area contributed by atoms with Crippen LogP contribution in [0, 0.1) is 0 Å². The van der Waals surface area contributed by atoms with Crippen molar-refractivity contribution in [3.63, 3.8) is 0 Å². The molecule has 0 spiro atoms. The number of carbonyl (C=O) groups excluding carboxylic acids is 3. The van der Waals surface area contributed by atoms with E-state index in [-0.39, 0.29) is 24.8 Å². The third kappa shape index (κ3) is 7.12. The molecular formula is C30H28N2O4S2. The molecule has 1 unspecified atom stereocenters. The summed E-state index contributed by atoms with van der Waals surface area (Å²) in [6.45, 7) is 3.79. The average molecular weight is 545 g/mol. The van der Waals surface area contributed by atoms with Crippen LogP contribution in [0.25, 0.3) is 11.1 Å². The highest BCUT2D eigenvalue weighted by Gasteiger charge is 2.24. The van der Waals surface area contributed by atoms with Crippen LogP contribution in [0.15, 0.2) is 95.2 Å². The molecule has 3 aromatic carbocycles. The van der Waals surface area contributed by atoms with Crippen molar-refractivity contribution in [2.24, 2.45) is 0 Å². The summed E-state index contributed by atoms with van der Waals surface area (Å²) in [7, 11) is 0. The van der Waals surface area contributed by atoms with Crippen LogP contribution in [0.2, 0.25) is 0 Å². The lowest BCUT2D eigenvalue weighted by molar-refractivity contribution is -0.116. The third-order valence-corrected chi connectivity index (χ3v) is 7.59. The molecule has 2 amide bonds. The molecule has 0 aliphatic heterocycles. The van der Waals surface area contributed by atoms with Crippen molar-refractivity contribution < 1.29 is 19.1 Å². The molecule has 4 aromatic rings. The van der Waals surface area contributed by atoms with Crippen LogP contribution in [-0.4, -0.2) is 29.6 Å². The Labute approximate surface area is 230 Å². The van der Waals surface area contributed by atoms with Crippen molar-refractivity contribution in [1.29, 1.82) is 0 Å². The van der Waals surface area contributed by atoms with Gasteiger partial charge in [-0.2, -0.15) is 0 Å². The number of esters is 1. The Balaban J connectivity index is 1.43. The van der Waals surface area contributed by atoms with Crippen LogP contribution in [-0.2, 0) is 20.7 Å². The van der Waals surface area contributed by atoms with Gasteiger partial charge in [0.2, 0.25) is 11.8 Å². The highest BCUT2D eigenvalue weighted by Crippen LogP contribution is 2.37. The molecule has 6 nitrogen and oxygen atoms in total. The second-order valence-electron chi connectivity index (χ2n) is 8.43. The van der Waals surface area contributed by atoms with E-state index in [0.717, 1.165) is 21.6 Å². The lowest BCUT2D eigenvalue weighted by Gasteiger charge is -2.14. The van der Waals surface area contributed by atoms with Gasteiger partial charge in [-0.15, -0.1) is 23.1 Å². The fourth-order valence-corrected chi connectivity index (χ4v) is 5.68. The van der Waals surface area contributed by atoms with E-state index in [0.29, 0.717) is 16.3 Å². The zero-order valence-corrected chi connectivity index (χ0v) is 22.7. The molecule has 1 aromatic heterocycles. The summed E-state index contributed by atoms with van der Waals surface area (Å²) in [6.07, 6.45) is 0.283. The first-order chi connectivity index (χ1) is 18.4. The summed E-state index contributed by atoms with van der Waals surface area (Å²) in [5.41, 5.74) is 3.56. The monoisotopic (exact) mass is 544 g/mol. The molecule has 4 rings (SSSR count). The van der Waals surface area contributed by atoms with Crippen LogP contribution in [0.5, 0.6) is 0 Å². The van der Waals surface area contributed by atoms with Gasteiger partial charge >= 0.3 is 5.97 Å². The lowest BCUT2D eigenvalue weighted by Crippen LogP contribution is -2.23. The zero-order chi connectivity index (χ0) is 26.9. The molecule has 194 valence electrons. The van der Waals surface area contributed by atoms with E-state index < -0.39 is 11.2 Å². The minimum Gasteiger partial charge on any atom is -0.462 e. The predicted octanol–water partition coefficient (Wildman–Crippen LogP) is 6.89. The van der Waals surface area contributed by atoms with Crippen LogP contribution >= 0.6 is 23.1 Å². The van der Waals surface area contributed by atoms with Crippen molar-refractivity contribution in [2.75, 3.05) is 17.2 Å². The maximum Gasteiger partial charge on any atom is 0.341 e. The van der Waals surface area contributed by atoms with Crippen molar-refractivity contribution in [3.8, 4) is 11.1 Å². The van der Waals surface area contributed by atoms with E-state index in [2.05, 4.69) is 10.6 Å². The first-order valence-electron chi connectivity index (χ1n) is 12.2. The molecule has 0 saturated carbocycles. The van der Waals surface area contributed by atoms with E-state index in [9.17, 15) is 14.4 Å². The number of rotatable bonds is 10. The molecular weight excluding hydrogens is 516 g/mol. The minimum atomic E-state index is -0.470. The molecule has 8 heteroatoms. The molecule has 2 N–H and O–H groups in total. The van der Waals surface area contributed by atoms with Gasteiger partial charge in [0.1, 0.15) is 10.6 Å². The van der Waals surface area contributed by atoms with Gasteiger partial charge in [-0.25, -0.2) is 4.79 Å². The van der Waals surface area contributed by atoms with Gasteiger partial charge in [-0.1, -0.05) is 66.7 Å². The molecule has 0 aliphatic carbocycles. The van der Waals surface area contributed by atoms with Gasteiger partial charge in [-0.3, -0.25) is 9.59 Å². The van der Waals surface area contributed by atoms with Crippen LogP contribution in [0.1, 0.15) is 29.8 Å². The number of hydrogen-bond donors (Lipinski definition) is 2. The molecule has 0 bridgehead atoms. The van der Waals surface area contributed by atoms with Crippen LogP contribution in [0.4, 0.5) is 10.7 Å². The predicted molar refractivity (Wildman–Crippen MR) is 155 cm³/mol. The summed E-state index contributed by atoms with van der Waals surface area (Å²) in [6, 6.07) is 26.5. The van der Waals surface area contributed by atoms with Crippen LogP contribution < -0.4 is 10.6 Å². The summed E-state index contributed by atoms with van der Waals surface area (Å²) in [5, 5.41) is 7.70. The third-order valence-electron chi connectivity index (χ3n) is 5.60. The van der Waals surface area contributed by atoms with E-state index in [1.54, 1.807) is 13.8 Å². The summed E-state index contributed by atoms with van der Waals surface area (Å²) >= 11 is 2.67. The van der Waals surface area contributed by atoms with Gasteiger partial charge in [0.05, 0.1) is 18.3 Å². The summed E-state index contributed by atoms with van der Waals surface area (Å²) < 4.78 is 5.29. The Hall–Kier alpha value is -3.88. The second-order valence-corrected chi connectivity index (χ2v) is 10.7. The van der Waals surface area contributed by atoms with Crippen molar-refractivity contribution >= 4 is 51.6 Å². The highest BCUT2D eigenvalue weighted by atomic mass is 32.2. The molecule has 0 aliphatic rings. The van der Waals surface area contributed by atoms with E-state index >= 15 is 0 Å². The topological polar surface area (TPSA) is 84.5 Å². The number of ether oxygens (including phenoxy) is 1. The first-order valence-corrected chi connectivity index (χ1v) is 14.0. The standard InChI is InChI=1S/C30H28N2O4S2/c1-3-36-30(35)27-25(22-13-8-5-9-14-22)19-37-29(27)32-28(34)20(2)38-24-16-10-15-23(18-24)31-26(33)17-21-11-6-4-7-12-21/h4-16,18-20H,3,17H2,1-2H3,(H,31,33)(H,32,34). The van der Waals surface area contributed by atoms with Gasteiger partial charge in [0.25, 0.3) is 0 Å². The lowest BCUT2D eigenvalue weighted by atomic mass is 10.0. The van der Waals surface area contributed by atoms with Crippen molar-refractivity contribution in [1.82, 2.24) is 0 Å². The van der Waals surface area contributed by atoms with Crippen molar-refractivity contribution in [2.45, 2.75) is 30.4 Å².